The summed E-state index contributed by atoms with van der Waals surface area (Å²) in [5, 5.41) is -0.0690. The summed E-state index contributed by atoms with van der Waals surface area (Å²) in [6.07, 6.45) is 1.50. The zero-order chi connectivity index (χ0) is 15.6. The fraction of sp³-hybridized carbons (Fsp3) is 0.231. The average molecular weight is 332 g/mol. The minimum atomic E-state index is -3.80. The number of halogens is 2. The van der Waals surface area contributed by atoms with Crippen LogP contribution in [0.1, 0.15) is 12.6 Å². The van der Waals surface area contributed by atoms with Gasteiger partial charge in [0.15, 0.2) is 0 Å². The summed E-state index contributed by atoms with van der Waals surface area (Å²) in [6, 6.07) is 5.21. The molecule has 2 aromatic rings. The molecule has 1 heterocycles. The van der Waals surface area contributed by atoms with E-state index in [1.165, 1.54) is 24.4 Å². The number of hydrogen-bond donors (Lipinski definition) is 2. The highest BCUT2D eigenvalue weighted by atomic mass is 35.5. The summed E-state index contributed by atoms with van der Waals surface area (Å²) in [5.41, 5.74) is 6.39. The summed E-state index contributed by atoms with van der Waals surface area (Å²) < 4.78 is 42.0. The molecule has 0 unspecified atom stereocenters. The Morgan fingerprint density at radius 1 is 1.38 bits per heavy atom. The molecular weight excluding hydrogens is 317 g/mol. The SMILES string of the molecule is CCn1cc(S(=O)(=O)Nc2ccc(Cl)c(F)c2)cc1CN. The molecule has 1 aromatic carbocycles. The van der Waals surface area contributed by atoms with E-state index in [0.29, 0.717) is 12.2 Å². The predicted octanol–water partition coefficient (Wildman–Crippen LogP) is 2.56. The van der Waals surface area contributed by atoms with Crippen molar-refractivity contribution < 1.29 is 12.8 Å². The summed E-state index contributed by atoms with van der Waals surface area (Å²) in [6.45, 7) is 2.73. The molecule has 0 atom stereocenters. The van der Waals surface area contributed by atoms with Crippen molar-refractivity contribution in [3.8, 4) is 0 Å². The van der Waals surface area contributed by atoms with E-state index in [4.69, 9.17) is 17.3 Å². The molecule has 1 aromatic heterocycles. The number of benzene rings is 1. The van der Waals surface area contributed by atoms with Crippen LogP contribution in [0, 0.1) is 5.82 Å². The fourth-order valence-corrected chi connectivity index (χ4v) is 3.14. The molecule has 5 nitrogen and oxygen atoms in total. The Morgan fingerprint density at radius 3 is 2.62 bits per heavy atom. The molecule has 0 radical (unpaired) electrons. The van der Waals surface area contributed by atoms with Crippen molar-refractivity contribution >= 4 is 27.3 Å². The second-order valence-electron chi connectivity index (χ2n) is 4.39. The zero-order valence-electron chi connectivity index (χ0n) is 11.3. The molecule has 0 bridgehead atoms. The van der Waals surface area contributed by atoms with E-state index in [-0.39, 0.29) is 22.2 Å². The van der Waals surface area contributed by atoms with E-state index in [1.807, 2.05) is 6.92 Å². The van der Waals surface area contributed by atoms with Gasteiger partial charge in [0.1, 0.15) is 10.7 Å². The van der Waals surface area contributed by atoms with Crippen LogP contribution in [0.5, 0.6) is 0 Å². The van der Waals surface area contributed by atoms with Gasteiger partial charge >= 0.3 is 0 Å². The highest BCUT2D eigenvalue weighted by Crippen LogP contribution is 2.22. The quantitative estimate of drug-likeness (QED) is 0.884. The van der Waals surface area contributed by atoms with Crippen molar-refractivity contribution in [2.45, 2.75) is 24.9 Å². The summed E-state index contributed by atoms with van der Waals surface area (Å²) >= 11 is 5.56. The van der Waals surface area contributed by atoms with Crippen LogP contribution >= 0.6 is 11.6 Å². The number of aromatic nitrogens is 1. The first-order valence-electron chi connectivity index (χ1n) is 6.24. The van der Waals surface area contributed by atoms with Gasteiger partial charge < -0.3 is 10.3 Å². The van der Waals surface area contributed by atoms with Gasteiger partial charge in [0, 0.05) is 25.0 Å². The van der Waals surface area contributed by atoms with E-state index in [1.54, 1.807) is 4.57 Å². The maximum Gasteiger partial charge on any atom is 0.263 e. The molecular formula is C13H15ClFN3O2S. The van der Waals surface area contributed by atoms with Crippen molar-refractivity contribution in [3.05, 3.63) is 47.0 Å². The van der Waals surface area contributed by atoms with E-state index in [9.17, 15) is 12.8 Å². The van der Waals surface area contributed by atoms with E-state index in [2.05, 4.69) is 4.72 Å². The molecule has 0 spiro atoms. The van der Waals surface area contributed by atoms with Crippen molar-refractivity contribution in [2.24, 2.45) is 5.73 Å². The Kier molecular flexibility index (Phi) is 4.55. The molecule has 2 rings (SSSR count). The average Bonchev–Trinajstić information content (AvgIpc) is 2.86. The maximum absolute atomic E-state index is 13.3. The van der Waals surface area contributed by atoms with Crippen molar-refractivity contribution in [3.63, 3.8) is 0 Å². The Labute approximate surface area is 127 Å². The number of anilines is 1. The Morgan fingerprint density at radius 2 is 2.10 bits per heavy atom. The number of nitrogens with one attached hydrogen (secondary N) is 1. The van der Waals surface area contributed by atoms with Crippen LogP contribution in [-0.4, -0.2) is 13.0 Å². The van der Waals surface area contributed by atoms with Gasteiger partial charge in [-0.05, 0) is 31.2 Å². The maximum atomic E-state index is 13.3. The molecule has 114 valence electrons. The number of rotatable bonds is 5. The first-order valence-corrected chi connectivity index (χ1v) is 8.10. The summed E-state index contributed by atoms with van der Waals surface area (Å²) in [4.78, 5) is 0.0835. The Hall–Kier alpha value is -1.57. The molecule has 0 amide bonds. The highest BCUT2D eigenvalue weighted by molar-refractivity contribution is 7.92. The van der Waals surface area contributed by atoms with Gasteiger partial charge in [0.25, 0.3) is 10.0 Å². The Balaban J connectivity index is 2.33. The monoisotopic (exact) mass is 331 g/mol. The normalized spacial score (nSPS) is 11.6. The van der Waals surface area contributed by atoms with Crippen molar-refractivity contribution in [1.82, 2.24) is 4.57 Å². The number of aryl methyl sites for hydroxylation is 1. The van der Waals surface area contributed by atoms with Gasteiger partial charge in [-0.15, -0.1) is 0 Å². The lowest BCUT2D eigenvalue weighted by Gasteiger charge is -2.07. The molecule has 8 heteroatoms. The largest absolute Gasteiger partial charge is 0.349 e. The third-order valence-electron chi connectivity index (χ3n) is 2.99. The van der Waals surface area contributed by atoms with Crippen LogP contribution in [0.25, 0.3) is 0 Å². The number of nitrogens with two attached hydrogens (primary N) is 1. The second-order valence-corrected chi connectivity index (χ2v) is 6.48. The van der Waals surface area contributed by atoms with Crippen LogP contribution in [0.3, 0.4) is 0 Å². The van der Waals surface area contributed by atoms with Gasteiger partial charge in [0.2, 0.25) is 0 Å². The number of sulfonamides is 1. The summed E-state index contributed by atoms with van der Waals surface area (Å²) in [5.74, 6) is -0.689. The molecule has 0 fully saturated rings. The lowest BCUT2D eigenvalue weighted by Crippen LogP contribution is -2.12. The molecule has 21 heavy (non-hydrogen) atoms. The van der Waals surface area contributed by atoms with E-state index in [0.717, 1.165) is 6.07 Å². The van der Waals surface area contributed by atoms with Crippen LogP contribution < -0.4 is 10.5 Å². The molecule has 3 N–H and O–H groups in total. The van der Waals surface area contributed by atoms with Gasteiger partial charge in [-0.1, -0.05) is 11.6 Å². The van der Waals surface area contributed by atoms with Crippen molar-refractivity contribution in [1.29, 1.82) is 0 Å². The van der Waals surface area contributed by atoms with Crippen LogP contribution in [0.4, 0.5) is 10.1 Å². The van der Waals surface area contributed by atoms with Gasteiger partial charge in [0.05, 0.1) is 10.7 Å². The lowest BCUT2D eigenvalue weighted by atomic mass is 10.3. The van der Waals surface area contributed by atoms with Crippen molar-refractivity contribution in [2.75, 3.05) is 4.72 Å². The van der Waals surface area contributed by atoms with Crippen LogP contribution in [-0.2, 0) is 23.1 Å². The van der Waals surface area contributed by atoms with Gasteiger partial charge in [-0.2, -0.15) is 0 Å². The number of nitrogens with zero attached hydrogens (tertiary/aromatic N) is 1. The van der Waals surface area contributed by atoms with Crippen LogP contribution in [0.15, 0.2) is 35.4 Å². The standard InChI is InChI=1S/C13H15ClFN3O2S/c1-2-18-8-11(6-10(18)7-16)21(19,20)17-9-3-4-12(14)13(15)5-9/h3-6,8,17H,2,7,16H2,1H3. The molecule has 0 aliphatic rings. The third kappa shape index (κ3) is 3.37. The number of hydrogen-bond acceptors (Lipinski definition) is 3. The lowest BCUT2D eigenvalue weighted by molar-refractivity contribution is 0.600. The molecule has 0 aliphatic carbocycles. The minimum absolute atomic E-state index is 0.0690. The van der Waals surface area contributed by atoms with E-state index >= 15 is 0 Å². The highest BCUT2D eigenvalue weighted by Gasteiger charge is 2.18. The smallest absolute Gasteiger partial charge is 0.263 e. The summed E-state index contributed by atoms with van der Waals surface area (Å²) in [7, 11) is -3.80. The minimum Gasteiger partial charge on any atom is -0.349 e. The third-order valence-corrected chi connectivity index (χ3v) is 4.65. The predicted molar refractivity (Wildman–Crippen MR) is 80.2 cm³/mol. The first-order chi connectivity index (χ1) is 9.87. The zero-order valence-corrected chi connectivity index (χ0v) is 12.9. The van der Waals surface area contributed by atoms with Crippen LogP contribution in [0.2, 0.25) is 5.02 Å². The first kappa shape index (κ1) is 15.8. The van der Waals surface area contributed by atoms with E-state index < -0.39 is 15.8 Å². The fourth-order valence-electron chi connectivity index (χ4n) is 1.91. The molecule has 0 aliphatic heterocycles. The Bertz CT molecular complexity index is 737. The topological polar surface area (TPSA) is 77.1 Å². The molecule has 0 saturated carbocycles. The molecule has 0 saturated heterocycles. The van der Waals surface area contributed by atoms with Gasteiger partial charge in [-0.3, -0.25) is 4.72 Å². The van der Waals surface area contributed by atoms with Gasteiger partial charge in [-0.25, -0.2) is 12.8 Å². The second kappa shape index (κ2) is 6.05.